The number of anilines is 1. The van der Waals surface area contributed by atoms with Crippen LogP contribution >= 0.6 is 0 Å². The maximum absolute atomic E-state index is 13.3. The van der Waals surface area contributed by atoms with Gasteiger partial charge in [0, 0.05) is 29.1 Å². The van der Waals surface area contributed by atoms with Gasteiger partial charge in [0.25, 0.3) is 11.6 Å². The van der Waals surface area contributed by atoms with Crippen molar-refractivity contribution in [3.63, 3.8) is 0 Å². The molecule has 4 rings (SSSR count). The zero-order valence-electron chi connectivity index (χ0n) is 16.8. The van der Waals surface area contributed by atoms with Gasteiger partial charge in [0.05, 0.1) is 4.92 Å². The average Bonchev–Trinajstić information content (AvgIpc) is 3.07. The van der Waals surface area contributed by atoms with Gasteiger partial charge >= 0.3 is 0 Å². The van der Waals surface area contributed by atoms with Crippen LogP contribution in [0.3, 0.4) is 0 Å². The molecular weight excluding hydrogens is 380 g/mol. The molecule has 0 unspecified atom stereocenters. The number of rotatable bonds is 4. The summed E-state index contributed by atoms with van der Waals surface area (Å²) >= 11 is 0. The van der Waals surface area contributed by atoms with Crippen molar-refractivity contribution in [3.05, 3.63) is 93.3 Å². The van der Waals surface area contributed by atoms with E-state index < -0.39 is 4.92 Å². The van der Waals surface area contributed by atoms with Gasteiger partial charge in [-0.2, -0.15) is 0 Å². The second-order valence-corrected chi connectivity index (χ2v) is 7.32. The van der Waals surface area contributed by atoms with E-state index in [2.05, 4.69) is 10.3 Å². The molecule has 150 valence electrons. The minimum absolute atomic E-state index is 0.0128. The first-order valence-electron chi connectivity index (χ1n) is 9.45. The molecule has 1 N–H and O–H groups in total. The quantitative estimate of drug-likeness (QED) is 0.382. The third-order valence-electron chi connectivity index (χ3n) is 4.96. The van der Waals surface area contributed by atoms with Crippen molar-refractivity contribution in [2.45, 2.75) is 20.8 Å². The summed E-state index contributed by atoms with van der Waals surface area (Å²) in [6.07, 6.45) is 1.87. The highest BCUT2D eigenvalue weighted by Crippen LogP contribution is 2.27. The van der Waals surface area contributed by atoms with Crippen LogP contribution in [-0.4, -0.2) is 20.2 Å². The molecule has 0 aliphatic carbocycles. The van der Waals surface area contributed by atoms with Crippen molar-refractivity contribution >= 4 is 22.9 Å². The fourth-order valence-corrected chi connectivity index (χ4v) is 3.41. The second-order valence-electron chi connectivity index (χ2n) is 7.32. The molecule has 1 amide bonds. The van der Waals surface area contributed by atoms with Gasteiger partial charge in [-0.3, -0.25) is 19.3 Å². The van der Waals surface area contributed by atoms with Gasteiger partial charge in [-0.25, -0.2) is 4.98 Å². The summed E-state index contributed by atoms with van der Waals surface area (Å²) in [7, 11) is 0. The Kier molecular flexibility index (Phi) is 4.79. The molecular formula is C23H20N4O3. The van der Waals surface area contributed by atoms with Crippen LogP contribution < -0.4 is 5.32 Å². The molecule has 0 radical (unpaired) electrons. The van der Waals surface area contributed by atoms with E-state index in [1.165, 1.54) is 12.1 Å². The summed E-state index contributed by atoms with van der Waals surface area (Å²) < 4.78 is 1.78. The molecule has 30 heavy (non-hydrogen) atoms. The molecule has 2 heterocycles. The second kappa shape index (κ2) is 7.44. The lowest BCUT2D eigenvalue weighted by Gasteiger charge is -2.09. The van der Waals surface area contributed by atoms with E-state index in [1.54, 1.807) is 17.4 Å². The Labute approximate surface area is 173 Å². The summed E-state index contributed by atoms with van der Waals surface area (Å²) in [5.74, 6) is -0.336. The van der Waals surface area contributed by atoms with Gasteiger partial charge < -0.3 is 5.32 Å². The molecule has 0 atom stereocenters. The van der Waals surface area contributed by atoms with Crippen molar-refractivity contribution in [1.29, 1.82) is 0 Å². The number of fused-ring (bicyclic) bond motifs is 1. The topological polar surface area (TPSA) is 89.5 Å². The first kappa shape index (κ1) is 19.3. The summed E-state index contributed by atoms with van der Waals surface area (Å²) in [5, 5.41) is 13.9. The summed E-state index contributed by atoms with van der Waals surface area (Å²) in [6, 6.07) is 16.2. The van der Waals surface area contributed by atoms with Gasteiger partial charge in [-0.05, 0) is 44.5 Å². The van der Waals surface area contributed by atoms with E-state index in [0.717, 1.165) is 16.7 Å². The molecule has 4 aromatic rings. The smallest absolute Gasteiger partial charge is 0.274 e. The number of nitro benzene ring substituents is 1. The number of carbonyl (C=O) groups is 1. The molecule has 0 saturated carbocycles. The van der Waals surface area contributed by atoms with E-state index >= 15 is 0 Å². The van der Waals surface area contributed by atoms with Crippen molar-refractivity contribution in [1.82, 2.24) is 9.38 Å². The number of aromatic nitrogens is 2. The van der Waals surface area contributed by atoms with Gasteiger partial charge in [0.2, 0.25) is 0 Å². The van der Waals surface area contributed by atoms with Crippen LogP contribution in [0.5, 0.6) is 0 Å². The van der Waals surface area contributed by atoms with E-state index in [9.17, 15) is 14.9 Å². The number of hydrogen-bond donors (Lipinski definition) is 1. The summed E-state index contributed by atoms with van der Waals surface area (Å²) in [4.78, 5) is 28.6. The lowest BCUT2D eigenvalue weighted by atomic mass is 10.1. The standard InChI is InChI=1S/C23H20N4O3/c1-14-4-7-17(8-5-14)21-22(26-13-15(2)6-11-20(26)25-21)23(28)24-18-9-10-19(27(29)30)16(3)12-18/h4-13H,1-3H3,(H,24,28). The third-order valence-corrected chi connectivity index (χ3v) is 4.96. The molecule has 2 aromatic heterocycles. The van der Waals surface area contributed by atoms with Crippen LogP contribution in [0.4, 0.5) is 11.4 Å². The highest BCUT2D eigenvalue weighted by Gasteiger charge is 2.21. The van der Waals surface area contributed by atoms with Gasteiger partial charge in [0.1, 0.15) is 17.0 Å². The number of hydrogen-bond acceptors (Lipinski definition) is 4. The molecule has 0 fully saturated rings. The van der Waals surface area contributed by atoms with Crippen molar-refractivity contribution in [2.24, 2.45) is 0 Å². The van der Waals surface area contributed by atoms with Crippen molar-refractivity contribution in [2.75, 3.05) is 5.32 Å². The lowest BCUT2D eigenvalue weighted by molar-refractivity contribution is -0.385. The Bertz CT molecular complexity index is 1290. The SMILES string of the molecule is Cc1ccc(-c2nc3ccc(C)cn3c2C(=O)Nc2ccc([N+](=O)[O-])c(C)c2)cc1. The van der Waals surface area contributed by atoms with Crippen LogP contribution in [0.1, 0.15) is 27.2 Å². The van der Waals surface area contributed by atoms with E-state index in [4.69, 9.17) is 0 Å². The normalized spacial score (nSPS) is 10.9. The number of carbonyl (C=O) groups excluding carboxylic acids is 1. The van der Waals surface area contributed by atoms with E-state index in [-0.39, 0.29) is 11.6 Å². The minimum atomic E-state index is -0.441. The zero-order chi connectivity index (χ0) is 21.4. The molecule has 0 aliphatic rings. The molecule has 0 saturated heterocycles. The molecule has 0 bridgehead atoms. The van der Waals surface area contributed by atoms with E-state index in [1.807, 2.05) is 56.4 Å². The fourth-order valence-electron chi connectivity index (χ4n) is 3.41. The van der Waals surface area contributed by atoms with Crippen LogP contribution in [0.25, 0.3) is 16.9 Å². The van der Waals surface area contributed by atoms with Gasteiger partial charge in [-0.15, -0.1) is 0 Å². The fraction of sp³-hybridized carbons (Fsp3) is 0.130. The first-order valence-corrected chi connectivity index (χ1v) is 9.45. The van der Waals surface area contributed by atoms with Crippen molar-refractivity contribution in [3.8, 4) is 11.3 Å². The van der Waals surface area contributed by atoms with Crippen molar-refractivity contribution < 1.29 is 9.72 Å². The van der Waals surface area contributed by atoms with Crippen LogP contribution in [-0.2, 0) is 0 Å². The van der Waals surface area contributed by atoms with Gasteiger partial charge in [0.15, 0.2) is 0 Å². The molecule has 7 nitrogen and oxygen atoms in total. The lowest BCUT2D eigenvalue weighted by Crippen LogP contribution is -2.15. The minimum Gasteiger partial charge on any atom is -0.321 e. The Balaban J connectivity index is 1.80. The first-order chi connectivity index (χ1) is 14.3. The number of pyridine rings is 1. The zero-order valence-corrected chi connectivity index (χ0v) is 16.8. The van der Waals surface area contributed by atoms with E-state index in [0.29, 0.717) is 28.3 Å². The number of benzene rings is 2. The average molecular weight is 400 g/mol. The molecule has 2 aromatic carbocycles. The largest absolute Gasteiger partial charge is 0.321 e. The van der Waals surface area contributed by atoms with Crippen LogP contribution in [0, 0.1) is 30.9 Å². The number of nitro groups is 1. The number of nitrogens with zero attached hydrogens (tertiary/aromatic N) is 3. The Morgan fingerprint density at radius 1 is 1.00 bits per heavy atom. The Hall–Kier alpha value is -4.00. The van der Waals surface area contributed by atoms with Crippen LogP contribution in [0.15, 0.2) is 60.8 Å². The number of amides is 1. The predicted octanol–water partition coefficient (Wildman–Crippen LogP) is 5.09. The molecule has 7 heteroatoms. The number of aryl methyl sites for hydroxylation is 3. The highest BCUT2D eigenvalue weighted by molar-refractivity contribution is 6.07. The maximum Gasteiger partial charge on any atom is 0.274 e. The maximum atomic E-state index is 13.3. The molecule has 0 aliphatic heterocycles. The number of imidazole rings is 1. The molecule has 0 spiro atoms. The summed E-state index contributed by atoms with van der Waals surface area (Å²) in [5.41, 5.74) is 5.59. The predicted molar refractivity (Wildman–Crippen MR) is 116 cm³/mol. The Morgan fingerprint density at radius 2 is 1.70 bits per heavy atom. The Morgan fingerprint density at radius 3 is 2.37 bits per heavy atom. The number of nitrogens with one attached hydrogen (secondary N) is 1. The van der Waals surface area contributed by atoms with Crippen LogP contribution in [0.2, 0.25) is 0 Å². The summed E-state index contributed by atoms with van der Waals surface area (Å²) in [6.45, 7) is 5.59. The van der Waals surface area contributed by atoms with Gasteiger partial charge in [-0.1, -0.05) is 35.9 Å². The third kappa shape index (κ3) is 3.53. The monoisotopic (exact) mass is 400 g/mol. The highest BCUT2D eigenvalue weighted by atomic mass is 16.6.